The SMILES string of the molecule is CCOc1ccc(NCc2nccn2CC)cc1S(=O)(=O)N(C)C. The molecule has 0 fully saturated rings. The zero-order valence-electron chi connectivity index (χ0n) is 14.5. The molecular formula is C16H24N4O3S. The minimum absolute atomic E-state index is 0.151. The van der Waals surface area contributed by atoms with Gasteiger partial charge in [-0.2, -0.15) is 0 Å². The highest BCUT2D eigenvalue weighted by Gasteiger charge is 2.23. The second kappa shape index (κ2) is 7.67. The zero-order valence-corrected chi connectivity index (χ0v) is 15.3. The average Bonchev–Trinajstić information content (AvgIpc) is 3.01. The summed E-state index contributed by atoms with van der Waals surface area (Å²) in [6.07, 6.45) is 3.66. The van der Waals surface area contributed by atoms with E-state index in [-0.39, 0.29) is 4.90 Å². The van der Waals surface area contributed by atoms with Crippen molar-refractivity contribution in [2.45, 2.75) is 31.8 Å². The smallest absolute Gasteiger partial charge is 0.246 e. The number of sulfonamides is 1. The van der Waals surface area contributed by atoms with Gasteiger partial charge in [-0.1, -0.05) is 0 Å². The van der Waals surface area contributed by atoms with Crippen LogP contribution in [0.2, 0.25) is 0 Å². The van der Waals surface area contributed by atoms with E-state index >= 15 is 0 Å². The summed E-state index contributed by atoms with van der Waals surface area (Å²) in [5.41, 5.74) is 0.699. The number of rotatable bonds is 8. The van der Waals surface area contributed by atoms with E-state index in [4.69, 9.17) is 4.74 Å². The van der Waals surface area contributed by atoms with Crippen LogP contribution >= 0.6 is 0 Å². The molecule has 1 aromatic carbocycles. The lowest BCUT2D eigenvalue weighted by Gasteiger charge is -2.17. The lowest BCUT2D eigenvalue weighted by molar-refractivity contribution is 0.330. The second-order valence-corrected chi connectivity index (χ2v) is 7.49. The molecule has 8 heteroatoms. The third-order valence-corrected chi connectivity index (χ3v) is 5.43. The van der Waals surface area contributed by atoms with Crippen molar-refractivity contribution >= 4 is 15.7 Å². The third-order valence-electron chi connectivity index (χ3n) is 3.60. The summed E-state index contributed by atoms with van der Waals surface area (Å²) in [4.78, 5) is 4.45. The van der Waals surface area contributed by atoms with E-state index in [1.54, 1.807) is 24.4 Å². The van der Waals surface area contributed by atoms with Gasteiger partial charge in [0.25, 0.3) is 0 Å². The lowest BCUT2D eigenvalue weighted by atomic mass is 10.3. The average molecular weight is 352 g/mol. The Morgan fingerprint density at radius 3 is 2.67 bits per heavy atom. The normalized spacial score (nSPS) is 11.7. The molecule has 0 atom stereocenters. The van der Waals surface area contributed by atoms with Crippen molar-refractivity contribution in [2.24, 2.45) is 0 Å². The molecular weight excluding hydrogens is 328 g/mol. The Balaban J connectivity index is 2.29. The summed E-state index contributed by atoms with van der Waals surface area (Å²) in [6.45, 7) is 5.61. The van der Waals surface area contributed by atoms with Crippen molar-refractivity contribution in [3.8, 4) is 5.75 Å². The number of ether oxygens (including phenoxy) is 1. The third kappa shape index (κ3) is 3.88. The van der Waals surface area contributed by atoms with E-state index < -0.39 is 10.0 Å². The standard InChI is InChI=1S/C16H24N4O3S/c1-5-20-10-9-17-16(20)12-18-13-7-8-14(23-6-2)15(11-13)24(21,22)19(3)4/h7-11,18H,5-6,12H2,1-4H3. The van der Waals surface area contributed by atoms with Gasteiger partial charge in [0.05, 0.1) is 13.2 Å². The first kappa shape index (κ1) is 18.3. The Hall–Kier alpha value is -2.06. The van der Waals surface area contributed by atoms with Crippen molar-refractivity contribution in [3.63, 3.8) is 0 Å². The molecule has 2 aromatic rings. The maximum atomic E-state index is 12.5. The molecule has 0 aliphatic rings. The van der Waals surface area contributed by atoms with Crippen LogP contribution in [0.3, 0.4) is 0 Å². The molecule has 0 aliphatic heterocycles. The van der Waals surface area contributed by atoms with Crippen LogP contribution in [0.1, 0.15) is 19.7 Å². The fraction of sp³-hybridized carbons (Fsp3) is 0.438. The quantitative estimate of drug-likeness (QED) is 0.788. The summed E-state index contributed by atoms with van der Waals surface area (Å²) in [7, 11) is -0.583. The molecule has 0 spiro atoms. The number of aryl methyl sites for hydroxylation is 1. The number of nitrogens with one attached hydrogen (secondary N) is 1. The second-order valence-electron chi connectivity index (χ2n) is 5.36. The molecule has 0 amide bonds. The number of imidazole rings is 1. The van der Waals surface area contributed by atoms with Gasteiger partial charge in [0.2, 0.25) is 10.0 Å². The van der Waals surface area contributed by atoms with E-state index in [2.05, 4.69) is 10.3 Å². The molecule has 0 saturated heterocycles. The number of anilines is 1. The molecule has 7 nitrogen and oxygen atoms in total. The summed E-state index contributed by atoms with van der Waals surface area (Å²) in [5, 5.41) is 3.22. The number of aromatic nitrogens is 2. The molecule has 0 unspecified atom stereocenters. The number of nitrogens with zero attached hydrogens (tertiary/aromatic N) is 3. The molecule has 1 N–H and O–H groups in total. The predicted molar refractivity (Wildman–Crippen MR) is 93.7 cm³/mol. The van der Waals surface area contributed by atoms with Crippen LogP contribution in [0.15, 0.2) is 35.5 Å². The predicted octanol–water partition coefficient (Wildman–Crippen LogP) is 2.16. The maximum Gasteiger partial charge on any atom is 0.246 e. The maximum absolute atomic E-state index is 12.5. The summed E-state index contributed by atoms with van der Waals surface area (Å²) in [6, 6.07) is 5.08. The van der Waals surface area contributed by atoms with Crippen LogP contribution in [0.5, 0.6) is 5.75 Å². The van der Waals surface area contributed by atoms with Gasteiger partial charge in [0, 0.05) is 38.7 Å². The Morgan fingerprint density at radius 2 is 2.04 bits per heavy atom. The Labute approximate surface area is 143 Å². The first-order valence-corrected chi connectivity index (χ1v) is 9.27. The van der Waals surface area contributed by atoms with E-state index in [0.717, 1.165) is 12.4 Å². The van der Waals surface area contributed by atoms with E-state index in [0.29, 0.717) is 24.6 Å². The monoisotopic (exact) mass is 352 g/mol. The zero-order chi connectivity index (χ0) is 17.7. The van der Waals surface area contributed by atoms with Crippen LogP contribution in [-0.2, 0) is 23.1 Å². The molecule has 1 aromatic heterocycles. The number of hydrogen-bond donors (Lipinski definition) is 1. The van der Waals surface area contributed by atoms with Crippen molar-refractivity contribution in [1.82, 2.24) is 13.9 Å². The van der Waals surface area contributed by atoms with Crippen LogP contribution in [0, 0.1) is 0 Å². The molecule has 0 radical (unpaired) electrons. The van der Waals surface area contributed by atoms with E-state index in [9.17, 15) is 8.42 Å². The number of benzene rings is 1. The molecule has 1 heterocycles. The summed E-state index contributed by atoms with van der Waals surface area (Å²) < 4.78 is 33.7. The first-order chi connectivity index (χ1) is 11.4. The van der Waals surface area contributed by atoms with Crippen molar-refractivity contribution < 1.29 is 13.2 Å². The number of hydrogen-bond acceptors (Lipinski definition) is 5. The molecule has 0 saturated carbocycles. The highest BCUT2D eigenvalue weighted by atomic mass is 32.2. The molecule has 0 aliphatic carbocycles. The largest absolute Gasteiger partial charge is 0.492 e. The van der Waals surface area contributed by atoms with Gasteiger partial charge in [-0.15, -0.1) is 0 Å². The van der Waals surface area contributed by atoms with Crippen molar-refractivity contribution in [1.29, 1.82) is 0 Å². The van der Waals surface area contributed by atoms with E-state index in [1.165, 1.54) is 18.4 Å². The molecule has 24 heavy (non-hydrogen) atoms. The van der Waals surface area contributed by atoms with Gasteiger partial charge < -0.3 is 14.6 Å². The molecule has 0 bridgehead atoms. The van der Waals surface area contributed by atoms with Gasteiger partial charge in [0.1, 0.15) is 16.5 Å². The molecule has 132 valence electrons. The highest BCUT2D eigenvalue weighted by Crippen LogP contribution is 2.29. The minimum Gasteiger partial charge on any atom is -0.492 e. The van der Waals surface area contributed by atoms with Gasteiger partial charge in [-0.25, -0.2) is 17.7 Å². The molecule has 2 rings (SSSR count). The fourth-order valence-electron chi connectivity index (χ4n) is 2.27. The first-order valence-electron chi connectivity index (χ1n) is 7.83. The van der Waals surface area contributed by atoms with Crippen molar-refractivity contribution in [3.05, 3.63) is 36.4 Å². The van der Waals surface area contributed by atoms with Gasteiger partial charge in [0.15, 0.2) is 0 Å². The lowest BCUT2D eigenvalue weighted by Crippen LogP contribution is -2.23. The highest BCUT2D eigenvalue weighted by molar-refractivity contribution is 7.89. The topological polar surface area (TPSA) is 76.5 Å². The van der Waals surface area contributed by atoms with Crippen molar-refractivity contribution in [2.75, 3.05) is 26.0 Å². The minimum atomic E-state index is -3.59. The fourth-order valence-corrected chi connectivity index (χ4v) is 3.32. The van der Waals surface area contributed by atoms with Gasteiger partial charge in [-0.05, 0) is 32.0 Å². The van der Waals surface area contributed by atoms with Gasteiger partial charge in [-0.3, -0.25) is 0 Å². The van der Waals surface area contributed by atoms with Crippen LogP contribution in [-0.4, -0.2) is 43.0 Å². The summed E-state index contributed by atoms with van der Waals surface area (Å²) in [5.74, 6) is 1.25. The van der Waals surface area contributed by atoms with Gasteiger partial charge >= 0.3 is 0 Å². The summed E-state index contributed by atoms with van der Waals surface area (Å²) >= 11 is 0. The van der Waals surface area contributed by atoms with Crippen LogP contribution in [0.4, 0.5) is 5.69 Å². The Morgan fingerprint density at radius 1 is 1.29 bits per heavy atom. The Bertz CT molecular complexity index is 784. The Kier molecular flexibility index (Phi) is 5.84. The van der Waals surface area contributed by atoms with E-state index in [1.807, 2.05) is 24.6 Å². The van der Waals surface area contributed by atoms with Crippen LogP contribution in [0.25, 0.3) is 0 Å². The van der Waals surface area contributed by atoms with Crippen LogP contribution < -0.4 is 10.1 Å².